The lowest BCUT2D eigenvalue weighted by Gasteiger charge is -2.15. The van der Waals surface area contributed by atoms with Crippen molar-refractivity contribution in [2.45, 2.75) is 26.6 Å². The highest BCUT2D eigenvalue weighted by molar-refractivity contribution is 5.82. The minimum atomic E-state index is -4.53. The van der Waals surface area contributed by atoms with Crippen molar-refractivity contribution in [1.82, 2.24) is 4.57 Å². The lowest BCUT2D eigenvalue weighted by molar-refractivity contribution is -0.143. The summed E-state index contributed by atoms with van der Waals surface area (Å²) >= 11 is 0. The van der Waals surface area contributed by atoms with E-state index in [0.717, 1.165) is 18.2 Å². The van der Waals surface area contributed by atoms with Gasteiger partial charge in [0, 0.05) is 17.1 Å². The number of nitrogens with zero attached hydrogens (tertiary/aromatic N) is 1. The summed E-state index contributed by atoms with van der Waals surface area (Å²) in [7, 11) is 0. The van der Waals surface area contributed by atoms with Gasteiger partial charge < -0.3 is 9.30 Å². The van der Waals surface area contributed by atoms with Crippen molar-refractivity contribution < 1.29 is 22.7 Å². The lowest BCUT2D eigenvalue weighted by atomic mass is 10.1. The summed E-state index contributed by atoms with van der Waals surface area (Å²) in [5, 5.41) is 0.128. The maximum Gasteiger partial charge on any atom is 0.416 e. The average molecular weight is 313 g/mol. The van der Waals surface area contributed by atoms with Crippen LogP contribution >= 0.6 is 0 Å². The Morgan fingerprint density at radius 1 is 1.27 bits per heavy atom. The molecule has 0 aliphatic carbocycles. The summed E-state index contributed by atoms with van der Waals surface area (Å²) in [4.78, 5) is 23.5. The zero-order valence-corrected chi connectivity index (χ0v) is 12.0. The van der Waals surface area contributed by atoms with Crippen LogP contribution in [0.4, 0.5) is 13.2 Å². The Kier molecular flexibility index (Phi) is 4.25. The number of halogens is 3. The molecule has 2 aromatic rings. The predicted molar refractivity (Wildman–Crippen MR) is 74.6 cm³/mol. The standard InChI is InChI=1S/C15H14F3NO3/c1-3-22-14(21)8-19-9(2)6-13(20)11-5-4-10(7-12(11)19)15(16,17)18/h4-7H,3,8H2,1-2H3. The molecule has 0 saturated carbocycles. The minimum absolute atomic E-state index is 0.0629. The van der Waals surface area contributed by atoms with E-state index in [9.17, 15) is 22.8 Å². The van der Waals surface area contributed by atoms with E-state index in [-0.39, 0.29) is 29.5 Å². The van der Waals surface area contributed by atoms with Crippen molar-refractivity contribution in [2.24, 2.45) is 0 Å². The second kappa shape index (κ2) is 5.82. The Balaban J connectivity index is 2.67. The van der Waals surface area contributed by atoms with Crippen molar-refractivity contribution in [3.8, 4) is 0 Å². The van der Waals surface area contributed by atoms with Crippen LogP contribution in [0.25, 0.3) is 10.9 Å². The summed E-state index contributed by atoms with van der Waals surface area (Å²) in [5.74, 6) is -0.576. The lowest BCUT2D eigenvalue weighted by Crippen LogP contribution is -2.19. The van der Waals surface area contributed by atoms with Gasteiger partial charge in [-0.15, -0.1) is 0 Å². The normalized spacial score (nSPS) is 11.7. The molecule has 7 heteroatoms. The molecule has 0 spiro atoms. The zero-order chi connectivity index (χ0) is 16.5. The van der Waals surface area contributed by atoms with Crippen molar-refractivity contribution in [2.75, 3.05) is 6.61 Å². The number of esters is 1. The van der Waals surface area contributed by atoms with Crippen molar-refractivity contribution in [3.05, 3.63) is 45.7 Å². The molecule has 0 saturated heterocycles. The van der Waals surface area contributed by atoms with Gasteiger partial charge in [0.1, 0.15) is 6.54 Å². The first-order chi connectivity index (χ1) is 10.2. The first-order valence-electron chi connectivity index (χ1n) is 6.61. The molecule has 0 fully saturated rings. The molecular weight excluding hydrogens is 299 g/mol. The first kappa shape index (κ1) is 16.1. The second-order valence-corrected chi connectivity index (χ2v) is 4.77. The Labute approximate surface area is 124 Å². The summed E-state index contributed by atoms with van der Waals surface area (Å²) in [6.45, 7) is 3.11. The third kappa shape index (κ3) is 3.13. The SMILES string of the molecule is CCOC(=O)Cn1c(C)cc(=O)c2ccc(C(F)(F)F)cc21. The van der Waals surface area contributed by atoms with Crippen LogP contribution < -0.4 is 5.43 Å². The summed E-state index contributed by atoms with van der Waals surface area (Å²) in [5.41, 5.74) is -0.804. The summed E-state index contributed by atoms with van der Waals surface area (Å²) < 4.78 is 44.7. The molecular formula is C15H14F3NO3. The molecule has 118 valence electrons. The third-order valence-corrected chi connectivity index (χ3v) is 3.24. The first-order valence-corrected chi connectivity index (χ1v) is 6.61. The molecule has 2 rings (SSSR count). The number of hydrogen-bond donors (Lipinski definition) is 0. The van der Waals surface area contributed by atoms with Crippen LogP contribution in [0.2, 0.25) is 0 Å². The fraction of sp³-hybridized carbons (Fsp3) is 0.333. The van der Waals surface area contributed by atoms with Crippen LogP contribution in [-0.2, 0) is 22.3 Å². The van der Waals surface area contributed by atoms with Crippen LogP contribution in [0, 0.1) is 6.92 Å². The molecule has 1 aromatic carbocycles. The highest BCUT2D eigenvalue weighted by Crippen LogP contribution is 2.31. The molecule has 0 atom stereocenters. The largest absolute Gasteiger partial charge is 0.465 e. The van der Waals surface area contributed by atoms with E-state index in [0.29, 0.717) is 5.69 Å². The van der Waals surface area contributed by atoms with Gasteiger partial charge in [-0.1, -0.05) is 0 Å². The molecule has 0 radical (unpaired) electrons. The van der Waals surface area contributed by atoms with E-state index < -0.39 is 17.7 Å². The maximum atomic E-state index is 12.9. The number of ether oxygens (including phenoxy) is 1. The number of carbonyl (C=O) groups is 1. The van der Waals surface area contributed by atoms with E-state index in [1.165, 1.54) is 10.6 Å². The number of carbonyl (C=O) groups excluding carboxylic acids is 1. The Hall–Kier alpha value is -2.31. The second-order valence-electron chi connectivity index (χ2n) is 4.77. The molecule has 0 aliphatic rings. The molecule has 0 amide bonds. The van der Waals surface area contributed by atoms with E-state index in [1.54, 1.807) is 13.8 Å². The molecule has 0 aliphatic heterocycles. The Bertz CT molecular complexity index is 778. The van der Waals surface area contributed by atoms with Gasteiger partial charge in [-0.2, -0.15) is 13.2 Å². The molecule has 1 heterocycles. The smallest absolute Gasteiger partial charge is 0.416 e. The van der Waals surface area contributed by atoms with Crippen LogP contribution in [0.5, 0.6) is 0 Å². The fourth-order valence-corrected chi connectivity index (χ4v) is 2.22. The van der Waals surface area contributed by atoms with Crippen molar-refractivity contribution >= 4 is 16.9 Å². The van der Waals surface area contributed by atoms with Gasteiger partial charge >= 0.3 is 12.1 Å². The van der Waals surface area contributed by atoms with E-state index in [1.807, 2.05) is 0 Å². The van der Waals surface area contributed by atoms with Crippen molar-refractivity contribution in [1.29, 1.82) is 0 Å². The number of hydrogen-bond acceptors (Lipinski definition) is 3. The number of aryl methyl sites for hydroxylation is 1. The Morgan fingerprint density at radius 2 is 1.95 bits per heavy atom. The molecule has 0 N–H and O–H groups in total. The van der Waals surface area contributed by atoms with Gasteiger partial charge in [0.25, 0.3) is 0 Å². The molecule has 1 aromatic heterocycles. The number of pyridine rings is 1. The van der Waals surface area contributed by atoms with Crippen LogP contribution in [0.1, 0.15) is 18.2 Å². The van der Waals surface area contributed by atoms with Gasteiger partial charge in [-0.3, -0.25) is 9.59 Å². The average Bonchev–Trinajstić information content (AvgIpc) is 2.42. The van der Waals surface area contributed by atoms with Gasteiger partial charge in [0.15, 0.2) is 5.43 Å². The molecule has 0 bridgehead atoms. The van der Waals surface area contributed by atoms with Gasteiger partial charge in [-0.05, 0) is 32.0 Å². The number of fused-ring (bicyclic) bond motifs is 1. The monoisotopic (exact) mass is 313 g/mol. The van der Waals surface area contributed by atoms with E-state index >= 15 is 0 Å². The van der Waals surface area contributed by atoms with Crippen LogP contribution in [0.3, 0.4) is 0 Å². The van der Waals surface area contributed by atoms with Gasteiger partial charge in [0.2, 0.25) is 0 Å². The quantitative estimate of drug-likeness (QED) is 0.819. The number of alkyl halides is 3. The third-order valence-electron chi connectivity index (χ3n) is 3.24. The molecule has 0 unspecified atom stereocenters. The molecule has 4 nitrogen and oxygen atoms in total. The van der Waals surface area contributed by atoms with E-state index in [2.05, 4.69) is 0 Å². The zero-order valence-electron chi connectivity index (χ0n) is 12.0. The fourth-order valence-electron chi connectivity index (χ4n) is 2.22. The maximum absolute atomic E-state index is 12.9. The van der Waals surface area contributed by atoms with Gasteiger partial charge in [-0.25, -0.2) is 0 Å². The number of aromatic nitrogens is 1. The summed E-state index contributed by atoms with van der Waals surface area (Å²) in [6, 6.07) is 4.15. The topological polar surface area (TPSA) is 48.3 Å². The molecule has 22 heavy (non-hydrogen) atoms. The minimum Gasteiger partial charge on any atom is -0.465 e. The number of benzene rings is 1. The predicted octanol–water partition coefficient (Wildman–Crippen LogP) is 2.89. The van der Waals surface area contributed by atoms with E-state index in [4.69, 9.17) is 4.74 Å². The van der Waals surface area contributed by atoms with Crippen LogP contribution in [-0.4, -0.2) is 17.1 Å². The number of rotatable bonds is 3. The van der Waals surface area contributed by atoms with Crippen molar-refractivity contribution in [3.63, 3.8) is 0 Å². The Morgan fingerprint density at radius 3 is 2.55 bits per heavy atom. The van der Waals surface area contributed by atoms with Crippen LogP contribution in [0.15, 0.2) is 29.1 Å². The highest BCUT2D eigenvalue weighted by Gasteiger charge is 2.31. The summed E-state index contributed by atoms with van der Waals surface area (Å²) in [6.07, 6.45) is -4.53. The van der Waals surface area contributed by atoms with Gasteiger partial charge in [0.05, 0.1) is 17.7 Å². The highest BCUT2D eigenvalue weighted by atomic mass is 19.4.